The van der Waals surface area contributed by atoms with Gasteiger partial charge in [-0.2, -0.15) is 18.4 Å². The van der Waals surface area contributed by atoms with Gasteiger partial charge in [-0.05, 0) is 24.4 Å². The number of nitrogens with one attached hydrogen (secondary N) is 1. The number of piperazine rings is 1. The molecule has 1 aliphatic rings. The SMILES string of the molecule is CN1CCN(c2nc3cc(C(F)(F)F)c(-c4nn[nH]n4)cc3n3cnnc23)CC1. The predicted octanol–water partition coefficient (Wildman–Crippen LogP) is 1.23. The fraction of sp³-hybridized carbons (Fsp3) is 0.375. The number of rotatable bonds is 2. The summed E-state index contributed by atoms with van der Waals surface area (Å²) in [4.78, 5) is 8.74. The number of likely N-dealkylation sites (N-methyl/N-ethyl adjacent to an activating group) is 1. The summed E-state index contributed by atoms with van der Waals surface area (Å²) in [6, 6.07) is 2.36. The lowest BCUT2D eigenvalue weighted by Crippen LogP contribution is -2.45. The Morgan fingerprint density at radius 2 is 1.86 bits per heavy atom. The van der Waals surface area contributed by atoms with Crippen LogP contribution in [0.25, 0.3) is 28.1 Å². The molecule has 4 aromatic rings. The number of H-pyrrole nitrogens is 1. The van der Waals surface area contributed by atoms with E-state index < -0.39 is 11.7 Å². The molecule has 0 amide bonds. The van der Waals surface area contributed by atoms with Crippen molar-refractivity contribution in [2.45, 2.75) is 6.18 Å². The second-order valence-corrected chi connectivity index (χ2v) is 6.87. The molecule has 0 saturated carbocycles. The van der Waals surface area contributed by atoms with Crippen molar-refractivity contribution in [3.05, 3.63) is 24.0 Å². The molecule has 10 nitrogen and oxygen atoms in total. The van der Waals surface area contributed by atoms with E-state index in [-0.39, 0.29) is 16.9 Å². The number of nitrogens with zero attached hydrogens (tertiary/aromatic N) is 9. The molecule has 4 heterocycles. The van der Waals surface area contributed by atoms with Crippen molar-refractivity contribution in [1.82, 2.24) is 45.1 Å². The number of aromatic amines is 1. The number of hydrogen-bond acceptors (Lipinski definition) is 8. The molecule has 0 unspecified atom stereocenters. The van der Waals surface area contributed by atoms with Gasteiger partial charge in [0.2, 0.25) is 11.5 Å². The van der Waals surface area contributed by atoms with Crippen LogP contribution in [0, 0.1) is 0 Å². The van der Waals surface area contributed by atoms with E-state index in [1.807, 2.05) is 11.9 Å². The fourth-order valence-corrected chi connectivity index (χ4v) is 3.51. The van der Waals surface area contributed by atoms with E-state index >= 15 is 0 Å². The number of alkyl halides is 3. The molecule has 3 aromatic heterocycles. The first kappa shape index (κ1) is 17.7. The van der Waals surface area contributed by atoms with Gasteiger partial charge >= 0.3 is 6.18 Å². The van der Waals surface area contributed by atoms with Crippen LogP contribution in [0.4, 0.5) is 19.0 Å². The summed E-state index contributed by atoms with van der Waals surface area (Å²) in [5.41, 5.74) is 0.0286. The number of tetrazole rings is 1. The van der Waals surface area contributed by atoms with Crippen molar-refractivity contribution in [2.75, 3.05) is 38.1 Å². The van der Waals surface area contributed by atoms with E-state index in [2.05, 4.69) is 40.7 Å². The van der Waals surface area contributed by atoms with E-state index in [0.717, 1.165) is 19.2 Å². The summed E-state index contributed by atoms with van der Waals surface area (Å²) in [6.07, 6.45) is -3.14. The molecular weight excluding hydrogens is 389 g/mol. The maximum absolute atomic E-state index is 13.8. The van der Waals surface area contributed by atoms with Crippen molar-refractivity contribution >= 4 is 22.5 Å². The van der Waals surface area contributed by atoms with E-state index in [0.29, 0.717) is 30.1 Å². The van der Waals surface area contributed by atoms with Crippen molar-refractivity contribution in [3.63, 3.8) is 0 Å². The van der Waals surface area contributed by atoms with Crippen LogP contribution >= 0.6 is 0 Å². The van der Waals surface area contributed by atoms with Crippen LogP contribution in [-0.4, -0.2) is 78.3 Å². The minimum atomic E-state index is -4.61. The van der Waals surface area contributed by atoms with Crippen molar-refractivity contribution in [2.24, 2.45) is 0 Å². The summed E-state index contributed by atoms with van der Waals surface area (Å²) >= 11 is 0. The average molecular weight is 404 g/mol. The number of anilines is 1. The zero-order chi connectivity index (χ0) is 20.2. The average Bonchev–Trinajstić information content (AvgIpc) is 3.38. The standard InChI is InChI=1S/C16H15F3N10/c1-27-2-4-28(5-3-27)14-15-24-20-8-29(15)12-6-9(13-22-25-26-23-13)10(16(17,18)19)7-11(12)21-14/h6-8H,2-5H2,1H3,(H,22,23,25,26). The molecule has 0 bridgehead atoms. The van der Waals surface area contributed by atoms with Gasteiger partial charge in [0.25, 0.3) is 0 Å². The third-order valence-electron chi connectivity index (χ3n) is 5.04. The minimum absolute atomic E-state index is 0.149. The minimum Gasteiger partial charge on any atom is -0.351 e. The molecule has 0 spiro atoms. The zero-order valence-electron chi connectivity index (χ0n) is 15.2. The Balaban J connectivity index is 1.76. The van der Waals surface area contributed by atoms with Crippen LogP contribution < -0.4 is 4.90 Å². The highest BCUT2D eigenvalue weighted by Gasteiger charge is 2.36. The van der Waals surface area contributed by atoms with Crippen LogP contribution in [0.1, 0.15) is 5.56 Å². The topological polar surface area (TPSA) is 104 Å². The van der Waals surface area contributed by atoms with E-state index in [9.17, 15) is 13.2 Å². The molecule has 13 heteroatoms. The Morgan fingerprint density at radius 3 is 2.55 bits per heavy atom. The summed E-state index contributed by atoms with van der Waals surface area (Å²) < 4.78 is 42.9. The maximum Gasteiger partial charge on any atom is 0.417 e. The highest BCUT2D eigenvalue weighted by molar-refractivity contribution is 5.87. The molecule has 5 rings (SSSR count). The van der Waals surface area contributed by atoms with Crippen LogP contribution in [-0.2, 0) is 6.18 Å². The molecule has 150 valence electrons. The molecule has 1 saturated heterocycles. The van der Waals surface area contributed by atoms with Crippen molar-refractivity contribution in [3.8, 4) is 11.4 Å². The summed E-state index contributed by atoms with van der Waals surface area (Å²) in [7, 11) is 2.02. The zero-order valence-corrected chi connectivity index (χ0v) is 15.2. The van der Waals surface area contributed by atoms with Gasteiger partial charge in [-0.1, -0.05) is 0 Å². The molecule has 0 aliphatic carbocycles. The monoisotopic (exact) mass is 404 g/mol. The van der Waals surface area contributed by atoms with E-state index in [1.54, 1.807) is 4.40 Å². The van der Waals surface area contributed by atoms with E-state index in [1.165, 1.54) is 12.4 Å². The lowest BCUT2D eigenvalue weighted by Gasteiger charge is -2.33. The van der Waals surface area contributed by atoms with Crippen molar-refractivity contribution < 1.29 is 13.2 Å². The quantitative estimate of drug-likeness (QED) is 0.532. The maximum atomic E-state index is 13.8. The Labute approximate surface area is 161 Å². The molecule has 0 radical (unpaired) electrons. The van der Waals surface area contributed by atoms with Gasteiger partial charge in [-0.15, -0.1) is 20.4 Å². The highest BCUT2D eigenvalue weighted by atomic mass is 19.4. The summed E-state index contributed by atoms with van der Waals surface area (Å²) in [5, 5.41) is 21.1. The number of aromatic nitrogens is 8. The number of hydrogen-bond donors (Lipinski definition) is 1. The molecule has 1 N–H and O–H groups in total. The lowest BCUT2D eigenvalue weighted by atomic mass is 10.0. The second-order valence-electron chi connectivity index (χ2n) is 6.87. The lowest BCUT2D eigenvalue weighted by molar-refractivity contribution is -0.137. The second kappa shape index (κ2) is 6.34. The van der Waals surface area contributed by atoms with Gasteiger partial charge in [0.1, 0.15) is 6.33 Å². The molecule has 29 heavy (non-hydrogen) atoms. The van der Waals surface area contributed by atoms with E-state index in [4.69, 9.17) is 0 Å². The smallest absolute Gasteiger partial charge is 0.351 e. The number of halogens is 3. The molecular formula is C16H15F3N10. The third kappa shape index (κ3) is 2.93. The number of benzene rings is 1. The first-order valence-electron chi connectivity index (χ1n) is 8.84. The van der Waals surface area contributed by atoms with Gasteiger partial charge in [-0.25, -0.2) is 4.98 Å². The summed E-state index contributed by atoms with van der Waals surface area (Å²) in [6.45, 7) is 3.05. The first-order chi connectivity index (χ1) is 13.9. The van der Waals surface area contributed by atoms with Gasteiger partial charge in [0.15, 0.2) is 5.82 Å². The third-order valence-corrected chi connectivity index (χ3v) is 5.04. The Kier molecular flexibility index (Phi) is 3.87. The molecule has 1 aromatic carbocycles. The predicted molar refractivity (Wildman–Crippen MR) is 96.2 cm³/mol. The molecule has 0 atom stereocenters. The fourth-order valence-electron chi connectivity index (χ4n) is 3.51. The first-order valence-corrected chi connectivity index (χ1v) is 8.84. The van der Waals surface area contributed by atoms with Gasteiger partial charge in [-0.3, -0.25) is 4.40 Å². The Bertz CT molecular complexity index is 1180. The van der Waals surface area contributed by atoms with Crippen molar-refractivity contribution in [1.29, 1.82) is 0 Å². The largest absolute Gasteiger partial charge is 0.417 e. The van der Waals surface area contributed by atoms with Crippen LogP contribution in [0.15, 0.2) is 18.5 Å². The summed E-state index contributed by atoms with van der Waals surface area (Å²) in [5.74, 6) is 0.368. The van der Waals surface area contributed by atoms with Gasteiger partial charge in [0, 0.05) is 31.7 Å². The van der Waals surface area contributed by atoms with Crippen LogP contribution in [0.5, 0.6) is 0 Å². The number of fused-ring (bicyclic) bond motifs is 3. The Hall–Kier alpha value is -3.35. The van der Waals surface area contributed by atoms with Gasteiger partial charge < -0.3 is 9.80 Å². The van der Waals surface area contributed by atoms with Crippen LogP contribution in [0.2, 0.25) is 0 Å². The highest BCUT2D eigenvalue weighted by Crippen LogP contribution is 2.38. The Morgan fingerprint density at radius 1 is 1.07 bits per heavy atom. The molecule has 1 aliphatic heterocycles. The normalized spacial score (nSPS) is 16.2. The van der Waals surface area contributed by atoms with Gasteiger partial charge in [0.05, 0.1) is 16.6 Å². The molecule has 1 fully saturated rings. The van der Waals surface area contributed by atoms with Crippen LogP contribution in [0.3, 0.4) is 0 Å².